The van der Waals surface area contributed by atoms with E-state index in [4.69, 9.17) is 4.74 Å². The first-order chi connectivity index (χ1) is 11.5. The third-order valence-corrected chi connectivity index (χ3v) is 3.51. The second kappa shape index (κ2) is 8.02. The standard InChI is InChI=1S/C20H21NO3/c1-4-5-16-12-15(13-18(24-3)20(16)23)8-11-19(22)21-17-9-6-14(2)7-10-17/h4,6-13,23H,1,5H2,2-3H3,(H,21,22)/b11-8+. The number of phenols is 1. The molecule has 0 saturated carbocycles. The fraction of sp³-hybridized carbons (Fsp3) is 0.150. The Hall–Kier alpha value is -3.01. The molecule has 4 heteroatoms. The first-order valence-electron chi connectivity index (χ1n) is 7.60. The van der Waals surface area contributed by atoms with Gasteiger partial charge in [-0.25, -0.2) is 0 Å². The van der Waals surface area contributed by atoms with E-state index >= 15 is 0 Å². The Morgan fingerprint density at radius 3 is 2.62 bits per heavy atom. The lowest BCUT2D eigenvalue weighted by Crippen LogP contribution is -2.07. The van der Waals surface area contributed by atoms with E-state index in [2.05, 4.69) is 11.9 Å². The number of rotatable bonds is 6. The number of aromatic hydroxyl groups is 1. The van der Waals surface area contributed by atoms with Crippen LogP contribution in [0.2, 0.25) is 0 Å². The number of methoxy groups -OCH3 is 1. The molecule has 24 heavy (non-hydrogen) atoms. The van der Waals surface area contributed by atoms with Crippen LogP contribution in [0.15, 0.2) is 55.1 Å². The molecule has 2 aromatic rings. The SMILES string of the molecule is C=CCc1cc(/C=C/C(=O)Nc2ccc(C)cc2)cc(OC)c1O. The molecule has 0 bridgehead atoms. The second-order valence-corrected chi connectivity index (χ2v) is 5.41. The smallest absolute Gasteiger partial charge is 0.248 e. The van der Waals surface area contributed by atoms with Gasteiger partial charge in [0, 0.05) is 17.3 Å². The van der Waals surface area contributed by atoms with E-state index in [0.29, 0.717) is 17.7 Å². The summed E-state index contributed by atoms with van der Waals surface area (Å²) in [7, 11) is 1.49. The van der Waals surface area contributed by atoms with Crippen molar-refractivity contribution in [1.82, 2.24) is 0 Å². The molecule has 0 aliphatic heterocycles. The van der Waals surface area contributed by atoms with Crippen molar-refractivity contribution in [2.24, 2.45) is 0 Å². The van der Waals surface area contributed by atoms with Gasteiger partial charge in [0.05, 0.1) is 7.11 Å². The molecule has 0 fully saturated rings. The molecule has 2 rings (SSSR count). The zero-order valence-electron chi connectivity index (χ0n) is 13.9. The van der Waals surface area contributed by atoms with Crippen LogP contribution in [-0.4, -0.2) is 18.1 Å². The number of aryl methyl sites for hydroxylation is 1. The molecule has 2 aromatic carbocycles. The number of benzene rings is 2. The van der Waals surface area contributed by atoms with Gasteiger partial charge in [-0.15, -0.1) is 6.58 Å². The molecule has 0 aromatic heterocycles. The molecule has 0 saturated heterocycles. The Bertz CT molecular complexity index is 761. The topological polar surface area (TPSA) is 58.6 Å². The number of phenolic OH excluding ortho intramolecular Hbond substituents is 1. The van der Waals surface area contributed by atoms with Crippen molar-refractivity contribution in [3.63, 3.8) is 0 Å². The van der Waals surface area contributed by atoms with Crippen LogP contribution in [0.4, 0.5) is 5.69 Å². The van der Waals surface area contributed by atoms with E-state index in [1.807, 2.05) is 31.2 Å². The third-order valence-electron chi connectivity index (χ3n) is 3.51. The highest BCUT2D eigenvalue weighted by molar-refractivity contribution is 6.02. The molecule has 124 valence electrons. The zero-order valence-corrected chi connectivity index (χ0v) is 13.9. The van der Waals surface area contributed by atoms with E-state index in [1.165, 1.54) is 13.2 Å². The molecule has 4 nitrogen and oxygen atoms in total. The highest BCUT2D eigenvalue weighted by atomic mass is 16.5. The average Bonchev–Trinajstić information content (AvgIpc) is 2.57. The first-order valence-corrected chi connectivity index (χ1v) is 7.60. The summed E-state index contributed by atoms with van der Waals surface area (Å²) in [5.74, 6) is 0.239. The number of allylic oxidation sites excluding steroid dienone is 1. The zero-order chi connectivity index (χ0) is 17.5. The van der Waals surface area contributed by atoms with Gasteiger partial charge in [-0.1, -0.05) is 23.8 Å². The van der Waals surface area contributed by atoms with Crippen molar-refractivity contribution in [1.29, 1.82) is 0 Å². The van der Waals surface area contributed by atoms with E-state index in [-0.39, 0.29) is 11.7 Å². The van der Waals surface area contributed by atoms with Crippen molar-refractivity contribution < 1.29 is 14.6 Å². The number of nitrogens with one attached hydrogen (secondary N) is 1. The minimum Gasteiger partial charge on any atom is -0.504 e. The minimum atomic E-state index is -0.226. The van der Waals surface area contributed by atoms with Crippen LogP contribution in [-0.2, 0) is 11.2 Å². The van der Waals surface area contributed by atoms with Gasteiger partial charge in [-0.2, -0.15) is 0 Å². The predicted molar refractivity (Wildman–Crippen MR) is 97.4 cm³/mol. The first kappa shape index (κ1) is 17.3. The Balaban J connectivity index is 2.15. The maximum atomic E-state index is 12.0. The fourth-order valence-electron chi connectivity index (χ4n) is 2.24. The van der Waals surface area contributed by atoms with Crippen molar-refractivity contribution in [2.45, 2.75) is 13.3 Å². The van der Waals surface area contributed by atoms with Crippen LogP contribution >= 0.6 is 0 Å². The summed E-state index contributed by atoms with van der Waals surface area (Å²) in [5.41, 5.74) is 3.34. The summed E-state index contributed by atoms with van der Waals surface area (Å²) >= 11 is 0. The van der Waals surface area contributed by atoms with Gasteiger partial charge in [0.2, 0.25) is 5.91 Å². The summed E-state index contributed by atoms with van der Waals surface area (Å²) in [6.45, 7) is 5.67. The Labute approximate surface area is 142 Å². The minimum absolute atomic E-state index is 0.0960. The van der Waals surface area contributed by atoms with Crippen LogP contribution in [0.25, 0.3) is 6.08 Å². The maximum absolute atomic E-state index is 12.0. The summed E-state index contributed by atoms with van der Waals surface area (Å²) in [6, 6.07) is 11.1. The number of ether oxygens (including phenoxy) is 1. The van der Waals surface area contributed by atoms with Crippen LogP contribution in [0.1, 0.15) is 16.7 Å². The normalized spacial score (nSPS) is 10.6. The van der Waals surface area contributed by atoms with Crippen LogP contribution in [0.5, 0.6) is 11.5 Å². The average molecular weight is 323 g/mol. The summed E-state index contributed by atoms with van der Waals surface area (Å²) in [4.78, 5) is 12.0. The molecule has 0 spiro atoms. The number of anilines is 1. The van der Waals surface area contributed by atoms with Gasteiger partial charge in [-0.3, -0.25) is 4.79 Å². The van der Waals surface area contributed by atoms with Crippen LogP contribution in [0, 0.1) is 6.92 Å². The second-order valence-electron chi connectivity index (χ2n) is 5.41. The number of carbonyl (C=O) groups is 1. The molecular formula is C20H21NO3. The fourth-order valence-corrected chi connectivity index (χ4v) is 2.24. The molecule has 0 unspecified atom stereocenters. The number of amides is 1. The highest BCUT2D eigenvalue weighted by Crippen LogP contribution is 2.32. The summed E-state index contributed by atoms with van der Waals surface area (Å²) in [6.07, 6.45) is 5.34. The van der Waals surface area contributed by atoms with Crippen molar-refractivity contribution in [3.8, 4) is 11.5 Å². The van der Waals surface area contributed by atoms with Gasteiger partial charge in [0.15, 0.2) is 11.5 Å². The van der Waals surface area contributed by atoms with Gasteiger partial charge >= 0.3 is 0 Å². The molecular weight excluding hydrogens is 302 g/mol. The molecule has 0 atom stereocenters. The van der Waals surface area contributed by atoms with Crippen LogP contribution in [0.3, 0.4) is 0 Å². The van der Waals surface area contributed by atoms with Gasteiger partial charge < -0.3 is 15.2 Å². The maximum Gasteiger partial charge on any atom is 0.248 e. The Kier molecular flexibility index (Phi) is 5.79. The van der Waals surface area contributed by atoms with Crippen molar-refractivity contribution in [3.05, 3.63) is 71.8 Å². The largest absolute Gasteiger partial charge is 0.504 e. The van der Waals surface area contributed by atoms with E-state index < -0.39 is 0 Å². The molecule has 0 heterocycles. The highest BCUT2D eigenvalue weighted by Gasteiger charge is 2.08. The lowest BCUT2D eigenvalue weighted by molar-refractivity contribution is -0.111. The van der Waals surface area contributed by atoms with Crippen molar-refractivity contribution in [2.75, 3.05) is 12.4 Å². The van der Waals surface area contributed by atoms with E-state index in [9.17, 15) is 9.90 Å². The van der Waals surface area contributed by atoms with Gasteiger partial charge in [0.25, 0.3) is 0 Å². The predicted octanol–water partition coefficient (Wildman–Crippen LogP) is 4.09. The van der Waals surface area contributed by atoms with E-state index in [1.54, 1.807) is 24.3 Å². The van der Waals surface area contributed by atoms with E-state index in [0.717, 1.165) is 16.8 Å². The molecule has 0 aliphatic rings. The number of carbonyl (C=O) groups excluding carboxylic acids is 1. The lowest BCUT2D eigenvalue weighted by Gasteiger charge is -2.09. The Morgan fingerprint density at radius 2 is 2.00 bits per heavy atom. The van der Waals surface area contributed by atoms with Gasteiger partial charge in [0.1, 0.15) is 0 Å². The summed E-state index contributed by atoms with van der Waals surface area (Å²) < 4.78 is 5.17. The third kappa shape index (κ3) is 4.49. The molecule has 2 N–H and O–H groups in total. The van der Waals surface area contributed by atoms with Crippen LogP contribution < -0.4 is 10.1 Å². The molecule has 0 aliphatic carbocycles. The Morgan fingerprint density at radius 1 is 1.29 bits per heavy atom. The molecule has 1 amide bonds. The number of hydrogen-bond acceptors (Lipinski definition) is 3. The number of hydrogen-bond donors (Lipinski definition) is 2. The lowest BCUT2D eigenvalue weighted by atomic mass is 10.1. The van der Waals surface area contributed by atoms with Gasteiger partial charge in [-0.05, 0) is 49.2 Å². The monoisotopic (exact) mass is 323 g/mol. The quantitative estimate of drug-likeness (QED) is 0.622. The van der Waals surface area contributed by atoms with Crippen molar-refractivity contribution >= 4 is 17.7 Å². The molecule has 0 radical (unpaired) electrons. The summed E-state index contributed by atoms with van der Waals surface area (Å²) in [5, 5.41) is 12.9.